The minimum absolute atomic E-state index is 0.0172. The molecule has 0 aliphatic heterocycles. The molecule has 0 aliphatic carbocycles. The number of carbonyl (C=O) groups excluding carboxylic acids is 1. The highest BCUT2D eigenvalue weighted by Crippen LogP contribution is 2.26. The molecule has 0 saturated heterocycles. The van der Waals surface area contributed by atoms with E-state index < -0.39 is 22.5 Å². The van der Waals surface area contributed by atoms with E-state index in [1.807, 2.05) is 31.2 Å². The highest BCUT2D eigenvalue weighted by molar-refractivity contribution is 7.89. The molecule has 1 N–H and O–H groups in total. The molecule has 0 bridgehead atoms. The fourth-order valence-electron chi connectivity index (χ4n) is 2.94. The van der Waals surface area contributed by atoms with Crippen molar-refractivity contribution in [3.8, 4) is 0 Å². The van der Waals surface area contributed by atoms with Crippen molar-refractivity contribution >= 4 is 56.4 Å². The average molecular weight is 498 g/mol. The molecule has 3 rings (SSSR count). The van der Waals surface area contributed by atoms with Crippen LogP contribution in [0.5, 0.6) is 0 Å². The van der Waals surface area contributed by atoms with Crippen molar-refractivity contribution in [3.63, 3.8) is 0 Å². The quantitative estimate of drug-likeness (QED) is 0.449. The lowest BCUT2D eigenvalue weighted by Crippen LogP contribution is -2.37. The van der Waals surface area contributed by atoms with E-state index in [-0.39, 0.29) is 11.4 Å². The predicted molar refractivity (Wildman–Crippen MR) is 125 cm³/mol. The largest absolute Gasteiger partial charge is 0.324 e. The average Bonchev–Trinajstić information content (AvgIpc) is 2.70. The number of aryl methyl sites for hydroxylation is 1. The van der Waals surface area contributed by atoms with Crippen LogP contribution in [0.1, 0.15) is 11.1 Å². The van der Waals surface area contributed by atoms with Gasteiger partial charge in [0, 0.05) is 16.6 Å². The maximum Gasteiger partial charge on any atom is 0.243 e. The summed E-state index contributed by atoms with van der Waals surface area (Å²) in [6.45, 7) is 1.51. The number of benzene rings is 3. The zero-order valence-corrected chi connectivity index (χ0v) is 19.6. The van der Waals surface area contributed by atoms with E-state index in [4.69, 9.17) is 34.8 Å². The Balaban J connectivity index is 1.90. The maximum atomic E-state index is 13.3. The first-order valence-electron chi connectivity index (χ1n) is 9.21. The molecule has 31 heavy (non-hydrogen) atoms. The van der Waals surface area contributed by atoms with Crippen LogP contribution >= 0.6 is 34.8 Å². The fraction of sp³-hybridized carbons (Fsp3) is 0.136. The standard InChI is InChI=1S/C22H19Cl3N2O3S/c1-15-3-2-4-16(11-15)13-27(31(29,30)19-8-5-17(23)6-9-19)14-22(28)26-21-12-18(24)7-10-20(21)25/h2-12H,13-14H2,1H3,(H,26,28). The third kappa shape index (κ3) is 6.21. The van der Waals surface area contributed by atoms with E-state index in [2.05, 4.69) is 5.32 Å². The summed E-state index contributed by atoms with van der Waals surface area (Å²) in [7, 11) is -3.98. The van der Waals surface area contributed by atoms with Gasteiger partial charge in [0.25, 0.3) is 0 Å². The lowest BCUT2D eigenvalue weighted by atomic mass is 10.1. The number of hydrogen-bond donors (Lipinski definition) is 1. The molecule has 0 spiro atoms. The number of hydrogen-bond acceptors (Lipinski definition) is 3. The molecule has 3 aromatic rings. The van der Waals surface area contributed by atoms with Crippen molar-refractivity contribution in [2.24, 2.45) is 0 Å². The summed E-state index contributed by atoms with van der Waals surface area (Å²) in [6, 6.07) is 17.9. The first-order chi connectivity index (χ1) is 14.6. The van der Waals surface area contributed by atoms with Gasteiger partial charge in [-0.1, -0.05) is 64.6 Å². The molecule has 0 aromatic heterocycles. The number of sulfonamides is 1. The number of rotatable bonds is 7. The molecule has 9 heteroatoms. The molecule has 0 aliphatic rings. The molecule has 1 amide bonds. The van der Waals surface area contributed by atoms with E-state index in [1.54, 1.807) is 12.1 Å². The lowest BCUT2D eigenvalue weighted by molar-refractivity contribution is -0.116. The van der Waals surface area contributed by atoms with Crippen molar-refractivity contribution in [1.82, 2.24) is 4.31 Å². The first-order valence-corrected chi connectivity index (χ1v) is 11.8. The summed E-state index contributed by atoms with van der Waals surface area (Å²) >= 11 is 18.0. The normalized spacial score (nSPS) is 11.5. The van der Waals surface area contributed by atoms with E-state index in [9.17, 15) is 13.2 Å². The molecule has 5 nitrogen and oxygen atoms in total. The lowest BCUT2D eigenvalue weighted by Gasteiger charge is -2.22. The second-order valence-corrected chi connectivity index (χ2v) is 10.1. The van der Waals surface area contributed by atoms with Crippen LogP contribution < -0.4 is 5.32 Å². The smallest absolute Gasteiger partial charge is 0.243 e. The third-order valence-electron chi connectivity index (χ3n) is 4.42. The van der Waals surface area contributed by atoms with Gasteiger partial charge in [0.2, 0.25) is 15.9 Å². The van der Waals surface area contributed by atoms with Gasteiger partial charge in [0.15, 0.2) is 0 Å². The van der Waals surface area contributed by atoms with Crippen LogP contribution in [-0.4, -0.2) is 25.2 Å². The summed E-state index contributed by atoms with van der Waals surface area (Å²) in [6.07, 6.45) is 0. The summed E-state index contributed by atoms with van der Waals surface area (Å²) in [5, 5.41) is 3.73. The van der Waals surface area contributed by atoms with Crippen molar-refractivity contribution in [2.75, 3.05) is 11.9 Å². The summed E-state index contributed by atoms with van der Waals surface area (Å²) < 4.78 is 27.7. The third-order valence-corrected chi connectivity index (χ3v) is 7.04. The number of carbonyl (C=O) groups is 1. The van der Waals surface area contributed by atoms with Crippen LogP contribution in [0.3, 0.4) is 0 Å². The van der Waals surface area contributed by atoms with Gasteiger partial charge in [-0.2, -0.15) is 4.31 Å². The summed E-state index contributed by atoms with van der Waals surface area (Å²) in [4.78, 5) is 12.8. The number of anilines is 1. The van der Waals surface area contributed by atoms with Crippen LogP contribution in [0.2, 0.25) is 15.1 Å². The van der Waals surface area contributed by atoms with Gasteiger partial charge < -0.3 is 5.32 Å². The van der Waals surface area contributed by atoms with Crippen LogP contribution in [0, 0.1) is 6.92 Å². The van der Waals surface area contributed by atoms with E-state index >= 15 is 0 Å². The van der Waals surface area contributed by atoms with E-state index in [0.717, 1.165) is 15.4 Å². The minimum Gasteiger partial charge on any atom is -0.324 e. The SMILES string of the molecule is Cc1cccc(CN(CC(=O)Nc2cc(Cl)ccc2Cl)S(=O)(=O)c2ccc(Cl)cc2)c1. The number of amides is 1. The Hall–Kier alpha value is -2.09. The molecule has 0 heterocycles. The Kier molecular flexibility index (Phi) is 7.62. The van der Waals surface area contributed by atoms with E-state index in [0.29, 0.717) is 20.8 Å². The van der Waals surface area contributed by atoms with Gasteiger partial charge in [-0.15, -0.1) is 0 Å². The number of nitrogens with one attached hydrogen (secondary N) is 1. The molecule has 0 saturated carbocycles. The molecular weight excluding hydrogens is 479 g/mol. The topological polar surface area (TPSA) is 66.5 Å². The van der Waals surface area contributed by atoms with Crippen molar-refractivity contribution in [2.45, 2.75) is 18.4 Å². The van der Waals surface area contributed by atoms with Gasteiger partial charge in [0.05, 0.1) is 22.2 Å². The molecule has 3 aromatic carbocycles. The van der Waals surface area contributed by atoms with Crippen LogP contribution in [-0.2, 0) is 21.4 Å². The second kappa shape index (κ2) is 10.0. The molecule has 0 unspecified atom stereocenters. The van der Waals surface area contributed by atoms with Gasteiger partial charge in [-0.05, 0) is 55.0 Å². The van der Waals surface area contributed by atoms with Crippen molar-refractivity contribution in [1.29, 1.82) is 0 Å². The molecular formula is C22H19Cl3N2O3S. The van der Waals surface area contributed by atoms with Crippen molar-refractivity contribution in [3.05, 3.63) is 92.9 Å². The molecule has 0 radical (unpaired) electrons. The Morgan fingerprint density at radius 3 is 2.29 bits per heavy atom. The molecule has 0 fully saturated rings. The van der Waals surface area contributed by atoms with E-state index in [1.165, 1.54) is 30.3 Å². The Labute approximate surface area is 196 Å². The Morgan fingerprint density at radius 2 is 1.61 bits per heavy atom. The number of halogens is 3. The Bertz CT molecular complexity index is 1200. The number of nitrogens with zero attached hydrogens (tertiary/aromatic N) is 1. The highest BCUT2D eigenvalue weighted by Gasteiger charge is 2.27. The van der Waals surface area contributed by atoms with Crippen LogP contribution in [0.25, 0.3) is 0 Å². The van der Waals surface area contributed by atoms with Crippen LogP contribution in [0.15, 0.2) is 71.6 Å². The first kappa shape index (κ1) is 23.6. The van der Waals surface area contributed by atoms with Gasteiger partial charge >= 0.3 is 0 Å². The maximum absolute atomic E-state index is 13.3. The van der Waals surface area contributed by atoms with Gasteiger partial charge in [-0.3, -0.25) is 4.79 Å². The zero-order valence-electron chi connectivity index (χ0n) is 16.5. The highest BCUT2D eigenvalue weighted by atomic mass is 35.5. The fourth-order valence-corrected chi connectivity index (χ4v) is 4.79. The minimum atomic E-state index is -3.98. The zero-order chi connectivity index (χ0) is 22.6. The van der Waals surface area contributed by atoms with Gasteiger partial charge in [0.1, 0.15) is 0 Å². The predicted octanol–water partition coefficient (Wildman–Crippen LogP) is 5.78. The Morgan fingerprint density at radius 1 is 0.935 bits per heavy atom. The summed E-state index contributed by atoms with van der Waals surface area (Å²) in [5.41, 5.74) is 2.04. The molecule has 162 valence electrons. The molecule has 0 atom stereocenters. The van der Waals surface area contributed by atoms with Crippen molar-refractivity contribution < 1.29 is 13.2 Å². The van der Waals surface area contributed by atoms with Crippen LogP contribution in [0.4, 0.5) is 5.69 Å². The monoisotopic (exact) mass is 496 g/mol. The second-order valence-electron chi connectivity index (χ2n) is 6.89. The van der Waals surface area contributed by atoms with Gasteiger partial charge in [-0.25, -0.2) is 8.42 Å². The summed E-state index contributed by atoms with van der Waals surface area (Å²) in [5.74, 6) is -0.547.